The van der Waals surface area contributed by atoms with Crippen molar-refractivity contribution in [2.75, 3.05) is 6.54 Å². The fourth-order valence-corrected chi connectivity index (χ4v) is 1.71. The van der Waals surface area contributed by atoms with Crippen molar-refractivity contribution in [2.45, 2.75) is 59.9 Å². The molecule has 80 valence electrons. The number of hydrogen-bond acceptors (Lipinski definition) is 1. The van der Waals surface area contributed by atoms with Gasteiger partial charge < -0.3 is 5.32 Å². The van der Waals surface area contributed by atoms with Crippen molar-refractivity contribution in [1.82, 2.24) is 5.32 Å². The highest BCUT2D eigenvalue weighted by molar-refractivity contribution is 4.64. The van der Waals surface area contributed by atoms with Crippen molar-refractivity contribution in [3.05, 3.63) is 0 Å². The number of nitrogens with one attached hydrogen (secondary N) is 1. The lowest BCUT2D eigenvalue weighted by molar-refractivity contribution is 0.351. The smallest absolute Gasteiger partial charge is 0.00104 e. The fourth-order valence-electron chi connectivity index (χ4n) is 1.71. The molecule has 0 amide bonds. The summed E-state index contributed by atoms with van der Waals surface area (Å²) in [6.45, 7) is 12.6. The van der Waals surface area contributed by atoms with Crippen LogP contribution in [0.4, 0.5) is 0 Å². The summed E-state index contributed by atoms with van der Waals surface area (Å²) in [7, 11) is 0. The zero-order valence-electron chi connectivity index (χ0n) is 10.1. The maximum Gasteiger partial charge on any atom is 0.00104 e. The summed E-state index contributed by atoms with van der Waals surface area (Å²) in [5.74, 6) is 1.76. The van der Waals surface area contributed by atoms with Gasteiger partial charge in [-0.3, -0.25) is 0 Å². The summed E-state index contributed by atoms with van der Waals surface area (Å²) in [4.78, 5) is 0. The third-order valence-electron chi connectivity index (χ3n) is 2.76. The van der Waals surface area contributed by atoms with E-state index in [0.717, 1.165) is 11.8 Å². The molecule has 1 atom stereocenters. The topological polar surface area (TPSA) is 12.0 Å². The van der Waals surface area contributed by atoms with Gasteiger partial charge in [-0.1, -0.05) is 47.5 Å². The van der Waals surface area contributed by atoms with Crippen molar-refractivity contribution >= 4 is 0 Å². The van der Waals surface area contributed by atoms with Gasteiger partial charge in [0, 0.05) is 6.04 Å². The molecule has 0 saturated heterocycles. The molecule has 1 unspecified atom stereocenters. The van der Waals surface area contributed by atoms with Crippen molar-refractivity contribution in [3.63, 3.8) is 0 Å². The van der Waals surface area contributed by atoms with Crippen LogP contribution in [0.25, 0.3) is 0 Å². The highest BCUT2D eigenvalue weighted by atomic mass is 14.9. The second-order valence-corrected chi connectivity index (χ2v) is 4.59. The Bertz CT molecular complexity index is 106. The van der Waals surface area contributed by atoms with Crippen LogP contribution in [-0.4, -0.2) is 12.6 Å². The molecule has 1 N–H and O–H groups in total. The third kappa shape index (κ3) is 7.06. The van der Waals surface area contributed by atoms with Gasteiger partial charge in [-0.15, -0.1) is 0 Å². The van der Waals surface area contributed by atoms with Gasteiger partial charge in [0.25, 0.3) is 0 Å². The molecule has 0 aliphatic carbocycles. The van der Waals surface area contributed by atoms with Gasteiger partial charge in [0.15, 0.2) is 0 Å². The molecule has 0 aromatic heterocycles. The van der Waals surface area contributed by atoms with Crippen molar-refractivity contribution in [3.8, 4) is 0 Å². The van der Waals surface area contributed by atoms with Gasteiger partial charge in [0.2, 0.25) is 0 Å². The van der Waals surface area contributed by atoms with Gasteiger partial charge in [0.1, 0.15) is 0 Å². The van der Waals surface area contributed by atoms with E-state index in [1.165, 1.54) is 25.8 Å². The number of rotatable bonds is 7. The Morgan fingerprint density at radius 1 is 1.00 bits per heavy atom. The fraction of sp³-hybridized carbons (Fsp3) is 1.00. The Morgan fingerprint density at radius 3 is 1.92 bits per heavy atom. The Labute approximate surface area is 84.3 Å². The summed E-state index contributed by atoms with van der Waals surface area (Å²) in [6.07, 6.45) is 4.05. The van der Waals surface area contributed by atoms with Crippen LogP contribution in [-0.2, 0) is 0 Å². The monoisotopic (exact) mass is 185 g/mol. The SMILES string of the molecule is CCC(CC)CC(C)CNC(C)C. The third-order valence-corrected chi connectivity index (χ3v) is 2.76. The molecule has 0 aromatic carbocycles. The second-order valence-electron chi connectivity index (χ2n) is 4.59. The van der Waals surface area contributed by atoms with Crippen LogP contribution in [0.15, 0.2) is 0 Å². The van der Waals surface area contributed by atoms with Crippen LogP contribution in [0.1, 0.15) is 53.9 Å². The molecule has 1 nitrogen and oxygen atoms in total. The van der Waals surface area contributed by atoms with E-state index in [9.17, 15) is 0 Å². The molecular formula is C12H27N. The summed E-state index contributed by atoms with van der Waals surface area (Å²) in [5, 5.41) is 3.50. The summed E-state index contributed by atoms with van der Waals surface area (Å²) in [5.41, 5.74) is 0. The Balaban J connectivity index is 3.53. The van der Waals surface area contributed by atoms with Gasteiger partial charge in [-0.2, -0.15) is 0 Å². The lowest BCUT2D eigenvalue weighted by Gasteiger charge is -2.19. The molecule has 0 spiro atoms. The van der Waals surface area contributed by atoms with Crippen molar-refractivity contribution < 1.29 is 0 Å². The number of hydrogen-bond donors (Lipinski definition) is 1. The van der Waals surface area contributed by atoms with Crippen LogP contribution < -0.4 is 5.32 Å². The lowest BCUT2D eigenvalue weighted by atomic mass is 9.91. The first kappa shape index (κ1) is 13.0. The van der Waals surface area contributed by atoms with E-state index in [1.807, 2.05) is 0 Å². The molecule has 0 aromatic rings. The Kier molecular flexibility index (Phi) is 7.35. The first-order valence-electron chi connectivity index (χ1n) is 5.83. The van der Waals surface area contributed by atoms with E-state index in [0.29, 0.717) is 6.04 Å². The molecule has 13 heavy (non-hydrogen) atoms. The van der Waals surface area contributed by atoms with Gasteiger partial charge in [-0.25, -0.2) is 0 Å². The molecule has 1 heteroatoms. The Morgan fingerprint density at radius 2 is 1.54 bits per heavy atom. The predicted molar refractivity (Wildman–Crippen MR) is 61.0 cm³/mol. The molecular weight excluding hydrogens is 158 g/mol. The minimum Gasteiger partial charge on any atom is -0.314 e. The van der Waals surface area contributed by atoms with Gasteiger partial charge >= 0.3 is 0 Å². The molecule has 0 radical (unpaired) electrons. The summed E-state index contributed by atoms with van der Waals surface area (Å²) in [6, 6.07) is 0.629. The van der Waals surface area contributed by atoms with Crippen LogP contribution in [0.2, 0.25) is 0 Å². The first-order valence-corrected chi connectivity index (χ1v) is 5.83. The molecule has 0 saturated carbocycles. The minimum atomic E-state index is 0.629. The van der Waals surface area contributed by atoms with Gasteiger partial charge in [-0.05, 0) is 24.8 Å². The second kappa shape index (κ2) is 7.37. The normalized spacial score (nSPS) is 14.1. The molecule has 0 aliphatic rings. The average molecular weight is 185 g/mol. The zero-order valence-corrected chi connectivity index (χ0v) is 10.1. The van der Waals surface area contributed by atoms with Crippen LogP contribution in [0, 0.1) is 11.8 Å². The maximum atomic E-state index is 3.50. The largest absolute Gasteiger partial charge is 0.314 e. The van der Waals surface area contributed by atoms with E-state index >= 15 is 0 Å². The lowest BCUT2D eigenvalue weighted by Crippen LogP contribution is -2.28. The Hall–Kier alpha value is -0.0400. The van der Waals surface area contributed by atoms with E-state index < -0.39 is 0 Å². The van der Waals surface area contributed by atoms with Crippen LogP contribution in [0.3, 0.4) is 0 Å². The van der Waals surface area contributed by atoms with Crippen molar-refractivity contribution in [1.29, 1.82) is 0 Å². The minimum absolute atomic E-state index is 0.629. The highest BCUT2D eigenvalue weighted by Crippen LogP contribution is 2.18. The van der Waals surface area contributed by atoms with Crippen molar-refractivity contribution in [2.24, 2.45) is 11.8 Å². The quantitative estimate of drug-likeness (QED) is 0.640. The zero-order chi connectivity index (χ0) is 10.3. The maximum absolute atomic E-state index is 3.50. The van der Waals surface area contributed by atoms with E-state index in [2.05, 4.69) is 39.9 Å². The van der Waals surface area contributed by atoms with E-state index in [1.54, 1.807) is 0 Å². The molecule has 0 fully saturated rings. The van der Waals surface area contributed by atoms with Crippen LogP contribution >= 0.6 is 0 Å². The molecule has 0 aliphatic heterocycles. The highest BCUT2D eigenvalue weighted by Gasteiger charge is 2.09. The molecule has 0 heterocycles. The van der Waals surface area contributed by atoms with Crippen LogP contribution in [0.5, 0.6) is 0 Å². The van der Waals surface area contributed by atoms with Gasteiger partial charge in [0.05, 0.1) is 0 Å². The summed E-state index contributed by atoms with van der Waals surface area (Å²) >= 11 is 0. The van der Waals surface area contributed by atoms with E-state index in [4.69, 9.17) is 0 Å². The van der Waals surface area contributed by atoms with E-state index in [-0.39, 0.29) is 0 Å². The molecule has 0 bridgehead atoms. The predicted octanol–water partition coefficient (Wildman–Crippen LogP) is 3.45. The molecule has 0 rings (SSSR count). The standard InChI is InChI=1S/C12H27N/c1-6-12(7-2)8-11(5)9-13-10(3)4/h10-13H,6-9H2,1-5H3. The first-order chi connectivity index (χ1) is 6.10. The summed E-state index contributed by atoms with van der Waals surface area (Å²) < 4.78 is 0. The average Bonchev–Trinajstić information content (AvgIpc) is 2.10.